The van der Waals surface area contributed by atoms with Crippen LogP contribution in [-0.4, -0.2) is 52.8 Å². The van der Waals surface area contributed by atoms with Crippen molar-refractivity contribution in [2.45, 2.75) is 13.3 Å². The molecule has 5 nitrogen and oxygen atoms in total. The van der Waals surface area contributed by atoms with Crippen molar-refractivity contribution >= 4 is 11.8 Å². The van der Waals surface area contributed by atoms with Crippen LogP contribution in [-0.2, 0) is 4.79 Å². The molecule has 0 aromatic carbocycles. The quantitative estimate of drug-likeness (QED) is 0.764. The molecule has 0 radical (unpaired) electrons. The minimum absolute atomic E-state index is 0.0253. The van der Waals surface area contributed by atoms with Gasteiger partial charge in [-0.25, -0.2) is 0 Å². The Morgan fingerprint density at radius 3 is 2.55 bits per heavy atom. The lowest BCUT2D eigenvalue weighted by Crippen LogP contribution is -2.37. The molecule has 20 heavy (non-hydrogen) atoms. The summed E-state index contributed by atoms with van der Waals surface area (Å²) >= 11 is 0. The van der Waals surface area contributed by atoms with Crippen molar-refractivity contribution < 1.29 is 9.59 Å². The summed E-state index contributed by atoms with van der Waals surface area (Å²) in [6.07, 6.45) is 4.00. The first-order valence-corrected chi connectivity index (χ1v) is 6.73. The Morgan fingerprint density at radius 1 is 1.20 bits per heavy atom. The third-order valence-corrected chi connectivity index (χ3v) is 3.34. The van der Waals surface area contributed by atoms with Crippen molar-refractivity contribution in [2.24, 2.45) is 0 Å². The number of hydrogen-bond acceptors (Lipinski definition) is 3. The van der Waals surface area contributed by atoms with E-state index in [0.29, 0.717) is 37.3 Å². The number of hydrogen-bond donors (Lipinski definition) is 0. The molecule has 1 saturated heterocycles. The predicted octanol–water partition coefficient (Wildman–Crippen LogP) is 1.33. The summed E-state index contributed by atoms with van der Waals surface area (Å²) < 4.78 is 0. The summed E-state index contributed by atoms with van der Waals surface area (Å²) in [5.41, 5.74) is 1.13. The van der Waals surface area contributed by atoms with E-state index in [1.54, 1.807) is 41.2 Å². The number of carbonyl (C=O) groups is 2. The largest absolute Gasteiger partial charge is 0.337 e. The molecule has 1 aliphatic rings. The zero-order valence-corrected chi connectivity index (χ0v) is 11.7. The van der Waals surface area contributed by atoms with Gasteiger partial charge in [0.25, 0.3) is 5.91 Å². The van der Waals surface area contributed by atoms with Gasteiger partial charge in [-0.05, 0) is 25.5 Å². The Hall–Kier alpha value is -2.17. The molecular formula is C15H19N3O2. The summed E-state index contributed by atoms with van der Waals surface area (Å²) in [4.78, 5) is 31.7. The Balaban J connectivity index is 2.01. The van der Waals surface area contributed by atoms with Crippen LogP contribution >= 0.6 is 0 Å². The first-order valence-electron chi connectivity index (χ1n) is 6.73. The van der Waals surface area contributed by atoms with Gasteiger partial charge in [0.2, 0.25) is 5.91 Å². The highest BCUT2D eigenvalue weighted by Crippen LogP contribution is 2.10. The van der Waals surface area contributed by atoms with Gasteiger partial charge in [-0.2, -0.15) is 0 Å². The van der Waals surface area contributed by atoms with Gasteiger partial charge >= 0.3 is 0 Å². The molecule has 5 heteroatoms. The van der Waals surface area contributed by atoms with Crippen molar-refractivity contribution in [1.82, 2.24) is 14.8 Å². The van der Waals surface area contributed by atoms with Gasteiger partial charge in [0, 0.05) is 44.1 Å². The minimum atomic E-state index is -0.0272. The lowest BCUT2D eigenvalue weighted by Gasteiger charge is -2.22. The summed E-state index contributed by atoms with van der Waals surface area (Å²) in [7, 11) is 0. The fraction of sp³-hybridized carbons (Fsp3) is 0.400. The second-order valence-electron chi connectivity index (χ2n) is 4.96. The maximum absolute atomic E-state index is 12.3. The summed E-state index contributed by atoms with van der Waals surface area (Å²) in [5, 5.41) is 0. The van der Waals surface area contributed by atoms with Gasteiger partial charge in [0.1, 0.15) is 0 Å². The summed E-state index contributed by atoms with van der Waals surface area (Å²) in [5.74, 6) is -0.0524. The van der Waals surface area contributed by atoms with Crippen molar-refractivity contribution in [1.29, 1.82) is 0 Å². The Kier molecular flexibility index (Phi) is 4.50. The first-order chi connectivity index (χ1) is 9.59. The Bertz CT molecular complexity index is 513. The fourth-order valence-electron chi connectivity index (χ4n) is 2.27. The maximum atomic E-state index is 12.3. The molecule has 2 rings (SSSR count). The zero-order chi connectivity index (χ0) is 14.5. The van der Waals surface area contributed by atoms with E-state index < -0.39 is 0 Å². The lowest BCUT2D eigenvalue weighted by molar-refractivity contribution is -0.126. The SMILES string of the molecule is C=C(C)C(=O)N1CCCN(C(=O)c2cccnc2)CC1. The van der Waals surface area contributed by atoms with Crippen LogP contribution in [0.5, 0.6) is 0 Å². The molecule has 2 heterocycles. The third kappa shape index (κ3) is 3.23. The second-order valence-corrected chi connectivity index (χ2v) is 4.96. The van der Waals surface area contributed by atoms with Crippen molar-refractivity contribution in [2.75, 3.05) is 26.2 Å². The van der Waals surface area contributed by atoms with Crippen molar-refractivity contribution in [3.05, 3.63) is 42.2 Å². The summed E-state index contributed by atoms with van der Waals surface area (Å²) in [6, 6.07) is 3.51. The summed E-state index contributed by atoms with van der Waals surface area (Å²) in [6.45, 7) is 7.83. The molecule has 1 fully saturated rings. The van der Waals surface area contributed by atoms with E-state index in [1.807, 2.05) is 0 Å². The number of nitrogens with zero attached hydrogens (tertiary/aromatic N) is 3. The molecule has 0 spiro atoms. The fourth-order valence-corrected chi connectivity index (χ4v) is 2.27. The molecule has 1 aliphatic heterocycles. The van der Waals surface area contributed by atoms with Gasteiger partial charge in [0.05, 0.1) is 5.56 Å². The van der Waals surface area contributed by atoms with Gasteiger partial charge in [-0.1, -0.05) is 6.58 Å². The van der Waals surface area contributed by atoms with Gasteiger partial charge < -0.3 is 9.80 Å². The van der Waals surface area contributed by atoms with Crippen LogP contribution in [0, 0.1) is 0 Å². The predicted molar refractivity (Wildman–Crippen MR) is 76.2 cm³/mol. The van der Waals surface area contributed by atoms with Gasteiger partial charge in [0.15, 0.2) is 0 Å². The normalized spacial score (nSPS) is 15.7. The van der Waals surface area contributed by atoms with Gasteiger partial charge in [-0.15, -0.1) is 0 Å². The molecule has 106 valence electrons. The smallest absolute Gasteiger partial charge is 0.255 e. The highest BCUT2D eigenvalue weighted by atomic mass is 16.2. The molecular weight excluding hydrogens is 254 g/mol. The monoisotopic (exact) mass is 273 g/mol. The number of aromatic nitrogens is 1. The van der Waals surface area contributed by atoms with Crippen LogP contribution in [0.15, 0.2) is 36.7 Å². The maximum Gasteiger partial charge on any atom is 0.255 e. The molecule has 1 aromatic heterocycles. The average molecular weight is 273 g/mol. The van der Waals surface area contributed by atoms with Crippen molar-refractivity contribution in [3.8, 4) is 0 Å². The number of rotatable bonds is 2. The van der Waals surface area contributed by atoms with Crippen LogP contribution in [0.25, 0.3) is 0 Å². The van der Waals surface area contributed by atoms with E-state index >= 15 is 0 Å². The molecule has 0 N–H and O–H groups in total. The highest BCUT2D eigenvalue weighted by molar-refractivity contribution is 5.94. The minimum Gasteiger partial charge on any atom is -0.337 e. The van der Waals surface area contributed by atoms with E-state index in [9.17, 15) is 9.59 Å². The molecule has 2 amide bonds. The molecule has 0 unspecified atom stereocenters. The number of amides is 2. The van der Waals surface area contributed by atoms with Gasteiger partial charge in [-0.3, -0.25) is 14.6 Å². The molecule has 0 aliphatic carbocycles. The Labute approximate surface area is 118 Å². The first kappa shape index (κ1) is 14.2. The molecule has 1 aromatic rings. The van der Waals surface area contributed by atoms with E-state index in [1.165, 1.54) is 0 Å². The lowest BCUT2D eigenvalue weighted by atomic mass is 10.2. The van der Waals surface area contributed by atoms with Crippen LogP contribution in [0.4, 0.5) is 0 Å². The highest BCUT2D eigenvalue weighted by Gasteiger charge is 2.22. The Morgan fingerprint density at radius 2 is 1.90 bits per heavy atom. The van der Waals surface area contributed by atoms with Crippen LogP contribution in [0.3, 0.4) is 0 Å². The van der Waals surface area contributed by atoms with E-state index in [-0.39, 0.29) is 11.8 Å². The van der Waals surface area contributed by atoms with Crippen LogP contribution in [0.1, 0.15) is 23.7 Å². The number of carbonyl (C=O) groups excluding carboxylic acids is 2. The van der Waals surface area contributed by atoms with E-state index in [2.05, 4.69) is 11.6 Å². The van der Waals surface area contributed by atoms with Crippen molar-refractivity contribution in [3.63, 3.8) is 0 Å². The van der Waals surface area contributed by atoms with Crippen LogP contribution < -0.4 is 0 Å². The topological polar surface area (TPSA) is 53.5 Å². The standard InChI is InChI=1S/C15H19N3O2/c1-12(2)14(19)17-7-4-8-18(10-9-17)15(20)13-5-3-6-16-11-13/h3,5-6,11H,1,4,7-10H2,2H3. The van der Waals surface area contributed by atoms with Crippen LogP contribution in [0.2, 0.25) is 0 Å². The van der Waals surface area contributed by atoms with E-state index in [0.717, 1.165) is 6.42 Å². The average Bonchev–Trinajstić information content (AvgIpc) is 2.72. The zero-order valence-electron chi connectivity index (χ0n) is 11.7. The molecule has 0 saturated carbocycles. The molecule has 0 bridgehead atoms. The third-order valence-electron chi connectivity index (χ3n) is 3.34. The second kappa shape index (κ2) is 6.32. The van der Waals surface area contributed by atoms with E-state index in [4.69, 9.17) is 0 Å². The molecule has 0 atom stereocenters. The number of pyridine rings is 1.